The lowest BCUT2D eigenvalue weighted by atomic mass is 9.55. The molecule has 0 unspecified atom stereocenters. The van der Waals surface area contributed by atoms with Crippen LogP contribution in [-0.4, -0.2) is 37.7 Å². The molecule has 2 saturated carbocycles. The second kappa shape index (κ2) is 8.07. The minimum absolute atomic E-state index is 0.0722. The summed E-state index contributed by atoms with van der Waals surface area (Å²) in [4.78, 5) is 14.8. The van der Waals surface area contributed by atoms with Crippen LogP contribution >= 0.6 is 23.2 Å². The van der Waals surface area contributed by atoms with E-state index in [1.54, 1.807) is 7.11 Å². The zero-order valence-corrected chi connectivity index (χ0v) is 18.5. The molecule has 4 atom stereocenters. The molecule has 0 saturated heterocycles. The van der Waals surface area contributed by atoms with Crippen molar-refractivity contribution < 1.29 is 9.53 Å². The number of rotatable bonds is 6. The van der Waals surface area contributed by atoms with Crippen molar-refractivity contribution in [3.8, 4) is 5.75 Å². The fraction of sp³-hybridized carbons (Fsp3) is 0.696. The fourth-order valence-corrected chi connectivity index (χ4v) is 6.73. The Bertz CT molecular complexity index is 746. The number of methoxy groups -OCH3 is 1. The smallest absolute Gasteiger partial charge is 0.142 e. The number of nitrogens with zero attached hydrogens (tertiary/aromatic N) is 1. The zero-order chi connectivity index (χ0) is 19.9. The second-order valence-corrected chi connectivity index (χ2v) is 9.68. The number of anilines is 1. The molecule has 3 aliphatic carbocycles. The van der Waals surface area contributed by atoms with E-state index in [9.17, 15) is 4.79 Å². The van der Waals surface area contributed by atoms with Crippen LogP contribution in [0.4, 0.5) is 5.69 Å². The first kappa shape index (κ1) is 20.3. The molecular weight excluding hydrogens is 393 g/mol. The summed E-state index contributed by atoms with van der Waals surface area (Å²) in [5, 5.41) is 0. The molecule has 0 aromatic heterocycles. The van der Waals surface area contributed by atoms with Gasteiger partial charge in [-0.1, -0.05) is 6.92 Å². The average Bonchev–Trinajstić information content (AvgIpc) is 3.01. The van der Waals surface area contributed by atoms with Gasteiger partial charge in [-0.25, -0.2) is 0 Å². The molecule has 4 rings (SSSR count). The van der Waals surface area contributed by atoms with Crippen LogP contribution < -0.4 is 9.64 Å². The van der Waals surface area contributed by atoms with Gasteiger partial charge in [0.15, 0.2) is 0 Å². The van der Waals surface area contributed by atoms with Gasteiger partial charge >= 0.3 is 0 Å². The van der Waals surface area contributed by atoms with E-state index in [2.05, 4.69) is 24.0 Å². The quantitative estimate of drug-likeness (QED) is 0.573. The Labute approximate surface area is 178 Å². The van der Waals surface area contributed by atoms with Gasteiger partial charge in [-0.05, 0) is 73.1 Å². The second-order valence-electron chi connectivity index (χ2n) is 8.92. The van der Waals surface area contributed by atoms with Crippen LogP contribution in [0.5, 0.6) is 5.75 Å². The predicted octanol–water partition coefficient (Wildman–Crippen LogP) is 5.40. The maximum Gasteiger partial charge on any atom is 0.142 e. The Hall–Kier alpha value is -0.930. The third-order valence-electron chi connectivity index (χ3n) is 7.78. The van der Waals surface area contributed by atoms with Gasteiger partial charge in [0, 0.05) is 36.7 Å². The van der Waals surface area contributed by atoms with E-state index < -0.39 is 0 Å². The number of carbonyl (C=O) groups excluding carboxylic acids is 1. The summed E-state index contributed by atoms with van der Waals surface area (Å²) in [7, 11) is 1.74. The highest BCUT2D eigenvalue weighted by Gasteiger charge is 2.54. The highest BCUT2D eigenvalue weighted by atomic mass is 35.5. The van der Waals surface area contributed by atoms with Crippen molar-refractivity contribution in [1.82, 2.24) is 0 Å². The fourth-order valence-electron chi connectivity index (χ4n) is 6.33. The minimum atomic E-state index is -0.0722. The summed E-state index contributed by atoms with van der Waals surface area (Å²) in [5.41, 5.74) is 3.94. The first-order chi connectivity index (χ1) is 13.5. The standard InChI is InChI=1S/C23H31Cl2NO2/c1-23-8-7-16-17(19(23)5-6-22(23)27)4-3-15-13-21(28-2)20(14-18(15)16)26(11-9-24)12-10-25/h13-14,16-17,19H,3-12H2,1-2H3/t16-,17+,19-,23-/m0/s1. The molecule has 5 heteroatoms. The predicted molar refractivity (Wildman–Crippen MR) is 116 cm³/mol. The van der Waals surface area contributed by atoms with Crippen LogP contribution in [0.3, 0.4) is 0 Å². The maximum atomic E-state index is 12.6. The highest BCUT2D eigenvalue weighted by molar-refractivity contribution is 6.18. The molecule has 3 nitrogen and oxygen atoms in total. The van der Waals surface area contributed by atoms with E-state index in [-0.39, 0.29) is 5.41 Å². The summed E-state index contributed by atoms with van der Waals surface area (Å²) in [6.45, 7) is 3.75. The summed E-state index contributed by atoms with van der Waals surface area (Å²) in [6, 6.07) is 4.59. The summed E-state index contributed by atoms with van der Waals surface area (Å²) >= 11 is 12.1. The molecule has 0 aliphatic heterocycles. The van der Waals surface area contributed by atoms with Crippen molar-refractivity contribution in [2.75, 3.05) is 36.9 Å². The highest BCUT2D eigenvalue weighted by Crippen LogP contribution is 2.60. The van der Waals surface area contributed by atoms with E-state index in [4.69, 9.17) is 27.9 Å². The molecule has 154 valence electrons. The van der Waals surface area contributed by atoms with Gasteiger partial charge < -0.3 is 9.64 Å². The Morgan fingerprint density at radius 3 is 2.57 bits per heavy atom. The number of alkyl halides is 2. The van der Waals surface area contributed by atoms with E-state index >= 15 is 0 Å². The number of hydrogen-bond acceptors (Lipinski definition) is 3. The molecular formula is C23H31Cl2NO2. The third kappa shape index (κ3) is 3.23. The Morgan fingerprint density at radius 2 is 1.89 bits per heavy atom. The average molecular weight is 424 g/mol. The number of aryl methyl sites for hydroxylation is 1. The first-order valence-corrected chi connectivity index (χ1v) is 11.7. The SMILES string of the molecule is COc1cc2c(cc1N(CCCl)CCCl)[C@H]1CC[C@]3(C)C(=O)CC[C@H]3[C@@H]1CC2. The summed E-state index contributed by atoms with van der Waals surface area (Å²) in [6.07, 6.45) is 6.29. The lowest BCUT2D eigenvalue weighted by Crippen LogP contribution is -2.42. The van der Waals surface area contributed by atoms with Crippen LogP contribution in [0.25, 0.3) is 0 Å². The van der Waals surface area contributed by atoms with Gasteiger partial charge in [0.05, 0.1) is 12.8 Å². The molecule has 1 aromatic rings. The van der Waals surface area contributed by atoms with Gasteiger partial charge in [-0.2, -0.15) is 0 Å². The van der Waals surface area contributed by atoms with Crippen LogP contribution in [0.1, 0.15) is 56.1 Å². The molecule has 0 radical (unpaired) electrons. The molecule has 0 heterocycles. The van der Waals surface area contributed by atoms with Crippen molar-refractivity contribution in [2.24, 2.45) is 17.3 Å². The number of benzene rings is 1. The minimum Gasteiger partial charge on any atom is -0.495 e. The van der Waals surface area contributed by atoms with Crippen molar-refractivity contribution in [1.29, 1.82) is 0 Å². The van der Waals surface area contributed by atoms with Crippen molar-refractivity contribution in [2.45, 2.75) is 51.4 Å². The number of carbonyl (C=O) groups is 1. The van der Waals surface area contributed by atoms with Crippen molar-refractivity contribution in [3.63, 3.8) is 0 Å². The van der Waals surface area contributed by atoms with Crippen LogP contribution in [0.15, 0.2) is 12.1 Å². The Kier molecular flexibility index (Phi) is 5.86. The largest absolute Gasteiger partial charge is 0.495 e. The van der Waals surface area contributed by atoms with Crippen LogP contribution in [0.2, 0.25) is 0 Å². The number of ether oxygens (including phenoxy) is 1. The number of fused-ring (bicyclic) bond motifs is 5. The summed E-state index contributed by atoms with van der Waals surface area (Å²) in [5.74, 6) is 4.30. The molecule has 1 aromatic carbocycles. The maximum absolute atomic E-state index is 12.6. The van der Waals surface area contributed by atoms with Crippen molar-refractivity contribution in [3.05, 3.63) is 23.3 Å². The van der Waals surface area contributed by atoms with E-state index in [1.165, 1.54) is 17.5 Å². The van der Waals surface area contributed by atoms with Gasteiger partial charge in [0.25, 0.3) is 0 Å². The molecule has 0 N–H and O–H groups in total. The Balaban J connectivity index is 1.71. The van der Waals surface area contributed by atoms with E-state index in [0.717, 1.165) is 56.6 Å². The van der Waals surface area contributed by atoms with Gasteiger partial charge in [0.2, 0.25) is 0 Å². The number of Topliss-reactive ketones (excluding diaryl/α,β-unsaturated/α-hetero) is 1. The molecule has 0 amide bonds. The lowest BCUT2D eigenvalue weighted by Gasteiger charge is -2.48. The summed E-state index contributed by atoms with van der Waals surface area (Å²) < 4.78 is 5.75. The molecule has 28 heavy (non-hydrogen) atoms. The molecule has 3 aliphatic rings. The number of halogens is 2. The number of ketones is 1. The first-order valence-electron chi connectivity index (χ1n) is 10.6. The number of hydrogen-bond donors (Lipinski definition) is 0. The van der Waals surface area contributed by atoms with E-state index in [0.29, 0.717) is 35.3 Å². The lowest BCUT2D eigenvalue weighted by molar-refractivity contribution is -0.129. The van der Waals surface area contributed by atoms with Gasteiger partial charge in [-0.15, -0.1) is 23.2 Å². The van der Waals surface area contributed by atoms with Crippen LogP contribution in [0, 0.1) is 17.3 Å². The normalized spacial score (nSPS) is 31.1. The molecule has 0 bridgehead atoms. The Morgan fingerprint density at radius 1 is 1.14 bits per heavy atom. The zero-order valence-electron chi connectivity index (χ0n) is 17.0. The topological polar surface area (TPSA) is 29.5 Å². The van der Waals surface area contributed by atoms with Crippen molar-refractivity contribution >= 4 is 34.7 Å². The van der Waals surface area contributed by atoms with Crippen LogP contribution in [-0.2, 0) is 11.2 Å². The molecule has 2 fully saturated rings. The molecule has 0 spiro atoms. The van der Waals surface area contributed by atoms with Gasteiger partial charge in [-0.3, -0.25) is 4.79 Å². The van der Waals surface area contributed by atoms with E-state index in [1.807, 2.05) is 0 Å². The van der Waals surface area contributed by atoms with Gasteiger partial charge in [0.1, 0.15) is 11.5 Å². The third-order valence-corrected chi connectivity index (χ3v) is 8.12. The monoisotopic (exact) mass is 423 g/mol.